The molecule has 0 spiro atoms. The van der Waals surface area contributed by atoms with E-state index in [0.717, 1.165) is 10.6 Å². The summed E-state index contributed by atoms with van der Waals surface area (Å²) in [7, 11) is 0. The zero-order chi connectivity index (χ0) is 9.68. The van der Waals surface area contributed by atoms with E-state index in [-0.39, 0.29) is 6.42 Å². The SMILES string of the molecule is O=C(O)CCSCc1cnc(Cl)s1. The van der Waals surface area contributed by atoms with Gasteiger partial charge in [0.05, 0.1) is 6.42 Å². The standard InChI is InChI=1S/C7H8ClNO2S2/c8-7-9-3-5(13-7)4-12-2-1-6(10)11/h3H,1-2,4H2,(H,10,11). The fourth-order valence-corrected chi connectivity index (χ4v) is 2.68. The molecule has 0 aliphatic heterocycles. The Labute approximate surface area is 89.1 Å². The fourth-order valence-electron chi connectivity index (χ4n) is 0.683. The van der Waals surface area contributed by atoms with Gasteiger partial charge in [0.25, 0.3) is 0 Å². The molecule has 6 heteroatoms. The van der Waals surface area contributed by atoms with Crippen LogP contribution < -0.4 is 0 Å². The number of carboxylic acid groups (broad SMARTS) is 1. The smallest absolute Gasteiger partial charge is 0.304 e. The monoisotopic (exact) mass is 237 g/mol. The summed E-state index contributed by atoms with van der Waals surface area (Å²) in [4.78, 5) is 15.1. The molecular formula is C7H8ClNO2S2. The summed E-state index contributed by atoms with van der Waals surface area (Å²) in [5.41, 5.74) is 0. The highest BCUT2D eigenvalue weighted by Gasteiger charge is 2.01. The largest absolute Gasteiger partial charge is 0.481 e. The third kappa shape index (κ3) is 4.50. The van der Waals surface area contributed by atoms with Crippen LogP contribution in [0.25, 0.3) is 0 Å². The number of thiazole rings is 1. The van der Waals surface area contributed by atoms with Crippen molar-refractivity contribution in [1.29, 1.82) is 0 Å². The van der Waals surface area contributed by atoms with E-state index in [4.69, 9.17) is 16.7 Å². The molecule has 3 nitrogen and oxygen atoms in total. The van der Waals surface area contributed by atoms with E-state index in [0.29, 0.717) is 10.2 Å². The quantitative estimate of drug-likeness (QED) is 0.800. The number of rotatable bonds is 5. The number of hydrogen-bond acceptors (Lipinski definition) is 4. The predicted molar refractivity (Wildman–Crippen MR) is 55.5 cm³/mol. The molecule has 72 valence electrons. The molecule has 0 aromatic carbocycles. The number of thioether (sulfide) groups is 1. The second-order valence-electron chi connectivity index (χ2n) is 2.28. The first-order valence-corrected chi connectivity index (χ1v) is 5.93. The maximum absolute atomic E-state index is 10.2. The van der Waals surface area contributed by atoms with Crippen LogP contribution in [0, 0.1) is 0 Å². The number of halogens is 1. The molecule has 0 bridgehead atoms. The number of carbonyl (C=O) groups is 1. The van der Waals surface area contributed by atoms with Crippen molar-refractivity contribution >= 4 is 40.7 Å². The Morgan fingerprint density at radius 3 is 3.08 bits per heavy atom. The van der Waals surface area contributed by atoms with E-state index in [1.807, 2.05) is 0 Å². The summed E-state index contributed by atoms with van der Waals surface area (Å²) in [6.45, 7) is 0. The Hall–Kier alpha value is -0.260. The molecule has 0 saturated heterocycles. The Morgan fingerprint density at radius 2 is 2.54 bits per heavy atom. The van der Waals surface area contributed by atoms with Crippen molar-refractivity contribution in [3.05, 3.63) is 15.5 Å². The second-order valence-corrected chi connectivity index (χ2v) is 5.08. The first-order chi connectivity index (χ1) is 6.18. The van der Waals surface area contributed by atoms with Crippen molar-refractivity contribution in [2.24, 2.45) is 0 Å². The highest BCUT2D eigenvalue weighted by molar-refractivity contribution is 7.98. The molecule has 0 atom stereocenters. The molecule has 0 aliphatic carbocycles. The molecule has 1 heterocycles. The van der Waals surface area contributed by atoms with Crippen LogP contribution in [-0.2, 0) is 10.5 Å². The van der Waals surface area contributed by atoms with Gasteiger partial charge < -0.3 is 5.11 Å². The molecule has 0 aliphatic rings. The van der Waals surface area contributed by atoms with E-state index in [1.165, 1.54) is 11.3 Å². The van der Waals surface area contributed by atoms with E-state index in [2.05, 4.69) is 4.98 Å². The van der Waals surface area contributed by atoms with Crippen molar-refractivity contribution < 1.29 is 9.90 Å². The Bertz CT molecular complexity index is 290. The van der Waals surface area contributed by atoms with Gasteiger partial charge >= 0.3 is 5.97 Å². The fraction of sp³-hybridized carbons (Fsp3) is 0.429. The highest BCUT2D eigenvalue weighted by atomic mass is 35.5. The van der Waals surface area contributed by atoms with Gasteiger partial charge in [0.15, 0.2) is 4.47 Å². The molecule has 1 rings (SSSR count). The summed E-state index contributed by atoms with van der Waals surface area (Å²) in [5, 5.41) is 8.37. The zero-order valence-corrected chi connectivity index (χ0v) is 9.08. The van der Waals surface area contributed by atoms with E-state index >= 15 is 0 Å². The molecule has 0 fully saturated rings. The maximum atomic E-state index is 10.2. The molecule has 0 radical (unpaired) electrons. The molecule has 1 N–H and O–H groups in total. The summed E-state index contributed by atoms with van der Waals surface area (Å²) >= 11 is 8.64. The van der Waals surface area contributed by atoms with E-state index in [9.17, 15) is 4.79 Å². The zero-order valence-electron chi connectivity index (χ0n) is 6.70. The Balaban J connectivity index is 2.16. The summed E-state index contributed by atoms with van der Waals surface area (Å²) in [6.07, 6.45) is 1.93. The minimum Gasteiger partial charge on any atom is -0.481 e. The number of aromatic nitrogens is 1. The third-order valence-electron chi connectivity index (χ3n) is 1.23. The number of hydrogen-bond donors (Lipinski definition) is 1. The van der Waals surface area contributed by atoms with Crippen molar-refractivity contribution in [2.75, 3.05) is 5.75 Å². The molecule has 13 heavy (non-hydrogen) atoms. The normalized spacial score (nSPS) is 10.2. The van der Waals surface area contributed by atoms with Crippen molar-refractivity contribution in [2.45, 2.75) is 12.2 Å². The van der Waals surface area contributed by atoms with Gasteiger partial charge in [0.1, 0.15) is 0 Å². The first-order valence-electron chi connectivity index (χ1n) is 3.58. The highest BCUT2D eigenvalue weighted by Crippen LogP contribution is 2.22. The lowest BCUT2D eigenvalue weighted by Gasteiger charge is -1.94. The van der Waals surface area contributed by atoms with Crippen LogP contribution in [0.15, 0.2) is 6.20 Å². The van der Waals surface area contributed by atoms with Gasteiger partial charge in [-0.1, -0.05) is 11.6 Å². The summed E-state index contributed by atoms with van der Waals surface area (Å²) in [6, 6.07) is 0. The van der Waals surface area contributed by atoms with Crippen LogP contribution in [0.1, 0.15) is 11.3 Å². The minimum absolute atomic E-state index is 0.206. The van der Waals surface area contributed by atoms with Gasteiger partial charge in [-0.25, -0.2) is 4.98 Å². The van der Waals surface area contributed by atoms with Crippen LogP contribution in [-0.4, -0.2) is 21.8 Å². The molecule has 1 aromatic rings. The van der Waals surface area contributed by atoms with E-state index < -0.39 is 5.97 Å². The topological polar surface area (TPSA) is 50.2 Å². The molecular weight excluding hydrogens is 230 g/mol. The maximum Gasteiger partial charge on any atom is 0.304 e. The summed E-state index contributed by atoms with van der Waals surface area (Å²) in [5.74, 6) is 0.664. The van der Waals surface area contributed by atoms with Crippen molar-refractivity contribution in [1.82, 2.24) is 4.98 Å². The van der Waals surface area contributed by atoms with Crippen molar-refractivity contribution in [3.8, 4) is 0 Å². The second kappa shape index (κ2) is 5.47. The third-order valence-corrected chi connectivity index (χ3v) is 3.54. The first kappa shape index (κ1) is 10.8. The summed E-state index contributed by atoms with van der Waals surface area (Å²) < 4.78 is 0.536. The van der Waals surface area contributed by atoms with Gasteiger partial charge in [-0.3, -0.25) is 4.79 Å². The van der Waals surface area contributed by atoms with Crippen LogP contribution >= 0.6 is 34.7 Å². The van der Waals surface area contributed by atoms with Gasteiger partial charge in [-0.05, 0) is 0 Å². The van der Waals surface area contributed by atoms with Crippen LogP contribution in [0.5, 0.6) is 0 Å². The average molecular weight is 238 g/mol. The van der Waals surface area contributed by atoms with Gasteiger partial charge in [-0.2, -0.15) is 11.8 Å². The molecule has 0 unspecified atom stereocenters. The Morgan fingerprint density at radius 1 is 1.77 bits per heavy atom. The molecule has 0 amide bonds. The number of nitrogens with zero attached hydrogens (tertiary/aromatic N) is 1. The lowest BCUT2D eigenvalue weighted by molar-refractivity contribution is -0.136. The Kier molecular flexibility index (Phi) is 4.55. The van der Waals surface area contributed by atoms with Gasteiger partial charge in [0, 0.05) is 22.6 Å². The van der Waals surface area contributed by atoms with Crippen LogP contribution in [0.2, 0.25) is 4.47 Å². The number of aliphatic carboxylic acids is 1. The number of carboxylic acids is 1. The van der Waals surface area contributed by atoms with Crippen LogP contribution in [0.4, 0.5) is 0 Å². The lowest BCUT2D eigenvalue weighted by Crippen LogP contribution is -1.95. The van der Waals surface area contributed by atoms with Crippen LogP contribution in [0.3, 0.4) is 0 Å². The lowest BCUT2D eigenvalue weighted by atomic mass is 10.5. The van der Waals surface area contributed by atoms with Gasteiger partial charge in [-0.15, -0.1) is 11.3 Å². The minimum atomic E-state index is -0.755. The molecule has 0 saturated carbocycles. The average Bonchev–Trinajstić information content (AvgIpc) is 2.45. The van der Waals surface area contributed by atoms with Crippen molar-refractivity contribution in [3.63, 3.8) is 0 Å². The van der Waals surface area contributed by atoms with Gasteiger partial charge in [0.2, 0.25) is 0 Å². The predicted octanol–water partition coefficient (Wildman–Crippen LogP) is 2.50. The molecule has 1 aromatic heterocycles. The van der Waals surface area contributed by atoms with E-state index in [1.54, 1.807) is 18.0 Å².